The molecule has 4 aromatic heterocycles. The standard InChI is InChI=1S/C20H16Cl2N4S2/c1-2-3-5-12-10-13(24-19(21)23-12)17-7-8-18(28-17)15-11-14(25-20(22)26-15)16-6-4-9-27-16/h4,6-11H,2-3,5H2,1H3. The Kier molecular flexibility index (Phi) is 6.01. The molecule has 0 saturated heterocycles. The minimum Gasteiger partial charge on any atom is -0.223 e. The molecule has 28 heavy (non-hydrogen) atoms. The van der Waals surface area contributed by atoms with Crippen LogP contribution in [0.3, 0.4) is 0 Å². The molecule has 142 valence electrons. The van der Waals surface area contributed by atoms with Gasteiger partial charge in [-0.05, 0) is 71.8 Å². The summed E-state index contributed by atoms with van der Waals surface area (Å²) in [5.41, 5.74) is 3.43. The summed E-state index contributed by atoms with van der Waals surface area (Å²) in [6, 6.07) is 12.1. The van der Waals surface area contributed by atoms with Crippen LogP contribution in [0, 0.1) is 0 Å². The van der Waals surface area contributed by atoms with E-state index in [9.17, 15) is 0 Å². The maximum absolute atomic E-state index is 6.18. The van der Waals surface area contributed by atoms with Crippen LogP contribution in [0.15, 0.2) is 41.8 Å². The summed E-state index contributed by atoms with van der Waals surface area (Å²) in [6.07, 6.45) is 3.09. The fourth-order valence-corrected chi connectivity index (χ4v) is 4.78. The smallest absolute Gasteiger partial charge is 0.223 e. The van der Waals surface area contributed by atoms with Gasteiger partial charge in [-0.3, -0.25) is 0 Å². The summed E-state index contributed by atoms with van der Waals surface area (Å²) < 4.78 is 0. The van der Waals surface area contributed by atoms with E-state index in [1.165, 1.54) is 0 Å². The maximum Gasteiger partial charge on any atom is 0.223 e. The number of hydrogen-bond donors (Lipinski definition) is 0. The van der Waals surface area contributed by atoms with Crippen LogP contribution in [0.2, 0.25) is 10.6 Å². The van der Waals surface area contributed by atoms with Gasteiger partial charge in [-0.15, -0.1) is 22.7 Å². The van der Waals surface area contributed by atoms with E-state index < -0.39 is 0 Å². The summed E-state index contributed by atoms with van der Waals surface area (Å²) in [5.74, 6) is 0. The second-order valence-electron chi connectivity index (χ2n) is 6.17. The Morgan fingerprint density at radius 2 is 1.46 bits per heavy atom. The van der Waals surface area contributed by atoms with Crippen molar-refractivity contribution in [3.63, 3.8) is 0 Å². The van der Waals surface area contributed by atoms with Crippen molar-refractivity contribution in [3.8, 4) is 31.7 Å². The average Bonchev–Trinajstić information content (AvgIpc) is 3.37. The van der Waals surface area contributed by atoms with E-state index in [0.717, 1.165) is 56.7 Å². The molecule has 0 bridgehead atoms. The number of nitrogens with zero attached hydrogens (tertiary/aromatic N) is 4. The van der Waals surface area contributed by atoms with Crippen molar-refractivity contribution in [2.24, 2.45) is 0 Å². The molecular weight excluding hydrogens is 431 g/mol. The molecule has 0 aliphatic carbocycles. The lowest BCUT2D eigenvalue weighted by Gasteiger charge is -2.04. The highest BCUT2D eigenvalue weighted by Gasteiger charge is 2.13. The lowest BCUT2D eigenvalue weighted by Crippen LogP contribution is -1.94. The summed E-state index contributed by atoms with van der Waals surface area (Å²) in [7, 11) is 0. The molecule has 0 aliphatic heterocycles. The van der Waals surface area contributed by atoms with Gasteiger partial charge >= 0.3 is 0 Å². The second kappa shape index (κ2) is 8.66. The monoisotopic (exact) mass is 446 g/mol. The Bertz CT molecular complexity index is 1090. The summed E-state index contributed by atoms with van der Waals surface area (Å²) in [5, 5.41) is 2.54. The quantitative estimate of drug-likeness (QED) is 0.298. The van der Waals surface area contributed by atoms with E-state index in [-0.39, 0.29) is 10.6 Å². The van der Waals surface area contributed by atoms with Gasteiger partial charge in [-0.2, -0.15) is 0 Å². The first-order chi connectivity index (χ1) is 13.6. The maximum atomic E-state index is 6.18. The lowest BCUT2D eigenvalue weighted by molar-refractivity contribution is 0.774. The number of aryl methyl sites for hydroxylation is 1. The number of hydrogen-bond acceptors (Lipinski definition) is 6. The minimum absolute atomic E-state index is 0.239. The van der Waals surface area contributed by atoms with Crippen molar-refractivity contribution in [1.82, 2.24) is 19.9 Å². The van der Waals surface area contributed by atoms with Crippen LogP contribution in [0.1, 0.15) is 25.5 Å². The van der Waals surface area contributed by atoms with Crippen molar-refractivity contribution in [2.75, 3.05) is 0 Å². The summed E-state index contributed by atoms with van der Waals surface area (Å²) in [4.78, 5) is 20.6. The highest BCUT2D eigenvalue weighted by Crippen LogP contribution is 2.35. The zero-order chi connectivity index (χ0) is 19.5. The van der Waals surface area contributed by atoms with Crippen LogP contribution < -0.4 is 0 Å². The predicted octanol–water partition coefficient (Wildman–Crippen LogP) is 7.04. The first-order valence-corrected chi connectivity index (χ1v) is 11.3. The van der Waals surface area contributed by atoms with Gasteiger partial charge in [-0.1, -0.05) is 19.4 Å². The average molecular weight is 447 g/mol. The molecule has 0 atom stereocenters. The van der Waals surface area contributed by atoms with Gasteiger partial charge in [-0.25, -0.2) is 19.9 Å². The molecule has 4 rings (SSSR count). The van der Waals surface area contributed by atoms with Crippen molar-refractivity contribution >= 4 is 45.9 Å². The molecule has 0 fully saturated rings. The van der Waals surface area contributed by atoms with E-state index in [1.54, 1.807) is 22.7 Å². The summed E-state index contributed by atoms with van der Waals surface area (Å²) >= 11 is 15.6. The van der Waals surface area contributed by atoms with E-state index in [0.29, 0.717) is 0 Å². The molecule has 0 aromatic carbocycles. The van der Waals surface area contributed by atoms with Crippen LogP contribution in [0.4, 0.5) is 0 Å². The molecule has 0 amide bonds. The number of unbranched alkanes of at least 4 members (excludes halogenated alkanes) is 1. The van der Waals surface area contributed by atoms with Crippen LogP contribution >= 0.6 is 45.9 Å². The topological polar surface area (TPSA) is 51.6 Å². The Hall–Kier alpha value is -1.86. The number of aromatic nitrogens is 4. The Morgan fingerprint density at radius 3 is 2.11 bits per heavy atom. The van der Waals surface area contributed by atoms with Crippen molar-refractivity contribution in [2.45, 2.75) is 26.2 Å². The largest absolute Gasteiger partial charge is 0.223 e. The normalized spacial score (nSPS) is 11.1. The number of halogens is 2. The van der Waals surface area contributed by atoms with Gasteiger partial charge in [0.1, 0.15) is 0 Å². The fourth-order valence-electron chi connectivity index (χ4n) is 2.79. The molecule has 0 saturated carbocycles. The van der Waals surface area contributed by atoms with Crippen molar-refractivity contribution in [3.05, 3.63) is 58.0 Å². The van der Waals surface area contributed by atoms with Crippen LogP contribution in [0.5, 0.6) is 0 Å². The first-order valence-electron chi connectivity index (χ1n) is 8.85. The van der Waals surface area contributed by atoms with Gasteiger partial charge in [0.05, 0.1) is 31.7 Å². The Labute approximate surface area is 181 Å². The third-order valence-corrected chi connectivity index (χ3v) is 6.48. The third-order valence-electron chi connectivity index (χ3n) is 4.12. The molecule has 0 spiro atoms. The minimum atomic E-state index is 0.239. The van der Waals surface area contributed by atoms with Crippen molar-refractivity contribution in [1.29, 1.82) is 0 Å². The zero-order valence-electron chi connectivity index (χ0n) is 15.0. The van der Waals surface area contributed by atoms with E-state index in [2.05, 4.69) is 26.9 Å². The molecule has 0 N–H and O–H groups in total. The second-order valence-corrected chi connectivity index (χ2v) is 8.87. The van der Waals surface area contributed by atoms with Crippen LogP contribution in [0.25, 0.3) is 31.7 Å². The Morgan fingerprint density at radius 1 is 0.821 bits per heavy atom. The van der Waals surface area contributed by atoms with Gasteiger partial charge in [0.25, 0.3) is 0 Å². The van der Waals surface area contributed by atoms with E-state index >= 15 is 0 Å². The van der Waals surface area contributed by atoms with Gasteiger partial charge in [0.15, 0.2) is 0 Å². The molecule has 8 heteroatoms. The Balaban J connectivity index is 1.68. The highest BCUT2D eigenvalue weighted by atomic mass is 35.5. The van der Waals surface area contributed by atoms with E-state index in [4.69, 9.17) is 23.2 Å². The lowest BCUT2D eigenvalue weighted by atomic mass is 10.2. The first kappa shape index (κ1) is 19.5. The molecule has 0 radical (unpaired) electrons. The number of rotatable bonds is 6. The molecule has 4 aromatic rings. The predicted molar refractivity (Wildman–Crippen MR) is 118 cm³/mol. The van der Waals surface area contributed by atoms with Gasteiger partial charge in [0.2, 0.25) is 10.6 Å². The summed E-state index contributed by atoms with van der Waals surface area (Å²) in [6.45, 7) is 2.16. The fraction of sp³-hybridized carbons (Fsp3) is 0.200. The highest BCUT2D eigenvalue weighted by molar-refractivity contribution is 7.18. The third kappa shape index (κ3) is 4.41. The molecule has 0 aliphatic rings. The SMILES string of the molecule is CCCCc1cc(-c2ccc(-c3cc(-c4cccs4)nc(Cl)n3)s2)nc(Cl)n1. The molecule has 4 heterocycles. The zero-order valence-corrected chi connectivity index (χ0v) is 18.2. The van der Waals surface area contributed by atoms with Crippen LogP contribution in [-0.4, -0.2) is 19.9 Å². The van der Waals surface area contributed by atoms with Gasteiger partial charge < -0.3 is 0 Å². The van der Waals surface area contributed by atoms with Gasteiger partial charge in [0, 0.05) is 5.69 Å². The molecule has 0 unspecified atom stereocenters. The van der Waals surface area contributed by atoms with E-state index in [1.807, 2.05) is 41.8 Å². The van der Waals surface area contributed by atoms with Crippen LogP contribution in [-0.2, 0) is 6.42 Å². The molecule has 4 nitrogen and oxygen atoms in total. The van der Waals surface area contributed by atoms with Crippen molar-refractivity contribution < 1.29 is 0 Å². The molecular formula is C20H16Cl2N4S2. The number of thiophene rings is 2.